The lowest BCUT2D eigenvalue weighted by Crippen LogP contribution is -2.21. The molecule has 0 spiro atoms. The minimum atomic E-state index is 1.08. The summed E-state index contributed by atoms with van der Waals surface area (Å²) in [6.45, 7) is 5.47. The third-order valence-electron chi connectivity index (χ3n) is 2.80. The van der Waals surface area contributed by atoms with Crippen molar-refractivity contribution in [2.24, 2.45) is 0 Å². The fourth-order valence-electron chi connectivity index (χ4n) is 1.69. The molecule has 0 bridgehead atoms. The van der Waals surface area contributed by atoms with Crippen molar-refractivity contribution in [3.05, 3.63) is 35.4 Å². The van der Waals surface area contributed by atoms with Gasteiger partial charge in [-0.25, -0.2) is 0 Å². The van der Waals surface area contributed by atoms with Gasteiger partial charge < -0.3 is 10.6 Å². The van der Waals surface area contributed by atoms with Crippen molar-refractivity contribution in [1.82, 2.24) is 10.6 Å². The van der Waals surface area contributed by atoms with Crippen LogP contribution < -0.4 is 10.6 Å². The quantitative estimate of drug-likeness (QED) is 0.655. The Morgan fingerprint density at radius 2 is 1.62 bits per heavy atom. The Morgan fingerprint density at radius 3 is 2.25 bits per heavy atom. The fraction of sp³-hybridized carbons (Fsp3) is 0.571. The van der Waals surface area contributed by atoms with Crippen LogP contribution >= 0.6 is 0 Å². The summed E-state index contributed by atoms with van der Waals surface area (Å²) in [5.74, 6) is 0. The number of aryl methyl sites for hydroxylation is 1. The second-order valence-corrected chi connectivity index (χ2v) is 4.13. The second-order valence-electron chi connectivity index (χ2n) is 4.13. The predicted octanol–water partition coefficient (Wildman–Crippen LogP) is 1.99. The lowest BCUT2D eigenvalue weighted by atomic mass is 10.1. The second kappa shape index (κ2) is 8.31. The molecular weight excluding hydrogens is 196 g/mol. The Labute approximate surface area is 99.5 Å². The maximum Gasteiger partial charge on any atom is -0.000834 e. The summed E-state index contributed by atoms with van der Waals surface area (Å²) in [4.78, 5) is 0. The van der Waals surface area contributed by atoms with Gasteiger partial charge in [0, 0.05) is 0 Å². The molecule has 2 nitrogen and oxygen atoms in total. The van der Waals surface area contributed by atoms with Crippen LogP contribution in [0.1, 0.15) is 24.5 Å². The van der Waals surface area contributed by atoms with Crippen LogP contribution in [0.3, 0.4) is 0 Å². The summed E-state index contributed by atoms with van der Waals surface area (Å²) in [7, 11) is 2.00. The molecule has 0 atom stereocenters. The van der Waals surface area contributed by atoms with Gasteiger partial charge in [-0.05, 0) is 57.1 Å². The van der Waals surface area contributed by atoms with E-state index in [1.54, 1.807) is 0 Å². The van der Waals surface area contributed by atoms with Crippen LogP contribution in [-0.4, -0.2) is 26.7 Å². The summed E-state index contributed by atoms with van der Waals surface area (Å²) >= 11 is 0. The third kappa shape index (κ3) is 5.29. The Morgan fingerprint density at radius 1 is 0.938 bits per heavy atom. The average Bonchev–Trinajstić information content (AvgIpc) is 2.34. The highest BCUT2D eigenvalue weighted by Gasteiger charge is 1.93. The van der Waals surface area contributed by atoms with Gasteiger partial charge in [0.1, 0.15) is 0 Å². The molecule has 0 aliphatic carbocycles. The van der Waals surface area contributed by atoms with E-state index in [0.717, 1.165) is 32.5 Å². The molecule has 1 aromatic rings. The smallest absolute Gasteiger partial charge is 0.000834 e. The van der Waals surface area contributed by atoms with Gasteiger partial charge in [-0.15, -0.1) is 0 Å². The molecule has 0 aliphatic rings. The molecule has 90 valence electrons. The van der Waals surface area contributed by atoms with E-state index in [-0.39, 0.29) is 0 Å². The predicted molar refractivity (Wildman–Crippen MR) is 70.9 cm³/mol. The SMILES string of the molecule is CCc1ccc(CCNCCCNC)cc1. The topological polar surface area (TPSA) is 24.1 Å². The van der Waals surface area contributed by atoms with Crippen LogP contribution in [0.25, 0.3) is 0 Å². The van der Waals surface area contributed by atoms with Gasteiger partial charge in [0.15, 0.2) is 0 Å². The molecule has 1 rings (SSSR count). The number of hydrogen-bond donors (Lipinski definition) is 2. The Hall–Kier alpha value is -0.860. The number of nitrogens with one attached hydrogen (secondary N) is 2. The van der Waals surface area contributed by atoms with E-state index in [1.165, 1.54) is 17.5 Å². The average molecular weight is 220 g/mol. The molecule has 0 amide bonds. The van der Waals surface area contributed by atoms with Crippen molar-refractivity contribution in [3.63, 3.8) is 0 Å². The van der Waals surface area contributed by atoms with Crippen molar-refractivity contribution in [1.29, 1.82) is 0 Å². The summed E-state index contributed by atoms with van der Waals surface area (Å²) in [6.07, 6.45) is 3.46. The Balaban J connectivity index is 2.12. The lowest BCUT2D eigenvalue weighted by Gasteiger charge is -2.05. The summed E-state index contributed by atoms with van der Waals surface area (Å²) in [5.41, 5.74) is 2.85. The van der Waals surface area contributed by atoms with E-state index in [2.05, 4.69) is 41.8 Å². The van der Waals surface area contributed by atoms with E-state index >= 15 is 0 Å². The standard InChI is InChI=1S/C14H24N2/c1-3-13-5-7-14(8-6-13)9-12-16-11-4-10-15-2/h5-8,15-16H,3-4,9-12H2,1-2H3. The first kappa shape index (κ1) is 13.2. The van der Waals surface area contributed by atoms with Gasteiger partial charge >= 0.3 is 0 Å². The molecule has 0 aromatic heterocycles. The Bertz CT molecular complexity index is 267. The lowest BCUT2D eigenvalue weighted by molar-refractivity contribution is 0.625. The molecule has 0 unspecified atom stereocenters. The highest BCUT2D eigenvalue weighted by Crippen LogP contribution is 2.05. The van der Waals surface area contributed by atoms with Gasteiger partial charge in [0.05, 0.1) is 0 Å². The Kier molecular flexibility index (Phi) is 6.86. The summed E-state index contributed by atoms with van der Waals surface area (Å²) < 4.78 is 0. The molecule has 2 N–H and O–H groups in total. The third-order valence-corrected chi connectivity index (χ3v) is 2.80. The van der Waals surface area contributed by atoms with Crippen molar-refractivity contribution in [2.75, 3.05) is 26.7 Å². The van der Waals surface area contributed by atoms with Crippen molar-refractivity contribution in [3.8, 4) is 0 Å². The van der Waals surface area contributed by atoms with E-state index in [0.29, 0.717) is 0 Å². The van der Waals surface area contributed by atoms with E-state index in [4.69, 9.17) is 0 Å². The number of hydrogen-bond acceptors (Lipinski definition) is 2. The molecule has 2 heteroatoms. The maximum atomic E-state index is 3.46. The zero-order valence-corrected chi connectivity index (χ0v) is 10.6. The zero-order chi connectivity index (χ0) is 11.6. The minimum Gasteiger partial charge on any atom is -0.320 e. The van der Waals surface area contributed by atoms with Gasteiger partial charge in [0.2, 0.25) is 0 Å². The normalized spacial score (nSPS) is 10.6. The van der Waals surface area contributed by atoms with Crippen molar-refractivity contribution < 1.29 is 0 Å². The molecule has 0 radical (unpaired) electrons. The van der Waals surface area contributed by atoms with E-state index in [1.807, 2.05) is 7.05 Å². The van der Waals surface area contributed by atoms with Crippen LogP contribution in [0.4, 0.5) is 0 Å². The molecular formula is C14H24N2. The van der Waals surface area contributed by atoms with Gasteiger partial charge in [-0.1, -0.05) is 31.2 Å². The summed E-state index contributed by atoms with van der Waals surface area (Å²) in [5, 5.41) is 6.61. The molecule has 1 aromatic carbocycles. The molecule has 0 heterocycles. The highest BCUT2D eigenvalue weighted by atomic mass is 14.9. The fourth-order valence-corrected chi connectivity index (χ4v) is 1.69. The highest BCUT2D eigenvalue weighted by molar-refractivity contribution is 5.22. The van der Waals surface area contributed by atoms with Crippen LogP contribution in [0.2, 0.25) is 0 Å². The maximum absolute atomic E-state index is 3.46. The van der Waals surface area contributed by atoms with Gasteiger partial charge in [-0.2, -0.15) is 0 Å². The van der Waals surface area contributed by atoms with Crippen molar-refractivity contribution >= 4 is 0 Å². The van der Waals surface area contributed by atoms with Crippen LogP contribution in [-0.2, 0) is 12.8 Å². The molecule has 0 aliphatic heterocycles. The zero-order valence-electron chi connectivity index (χ0n) is 10.6. The molecule has 0 saturated heterocycles. The van der Waals surface area contributed by atoms with Gasteiger partial charge in [0.25, 0.3) is 0 Å². The molecule has 0 fully saturated rings. The van der Waals surface area contributed by atoms with E-state index < -0.39 is 0 Å². The van der Waals surface area contributed by atoms with Crippen molar-refractivity contribution in [2.45, 2.75) is 26.2 Å². The first-order chi connectivity index (χ1) is 7.86. The first-order valence-corrected chi connectivity index (χ1v) is 6.30. The monoisotopic (exact) mass is 220 g/mol. The largest absolute Gasteiger partial charge is 0.320 e. The van der Waals surface area contributed by atoms with Crippen LogP contribution in [0.5, 0.6) is 0 Å². The summed E-state index contributed by atoms with van der Waals surface area (Å²) in [6, 6.07) is 8.95. The number of rotatable bonds is 8. The van der Waals surface area contributed by atoms with Gasteiger partial charge in [-0.3, -0.25) is 0 Å². The van der Waals surface area contributed by atoms with Crippen LogP contribution in [0.15, 0.2) is 24.3 Å². The molecule has 16 heavy (non-hydrogen) atoms. The number of benzene rings is 1. The van der Waals surface area contributed by atoms with E-state index in [9.17, 15) is 0 Å². The molecule has 0 saturated carbocycles. The van der Waals surface area contributed by atoms with Crippen LogP contribution in [0, 0.1) is 0 Å². The minimum absolute atomic E-state index is 1.08. The first-order valence-electron chi connectivity index (χ1n) is 6.30.